The predicted molar refractivity (Wildman–Crippen MR) is 107 cm³/mol. The number of hydrogen-bond acceptors (Lipinski definition) is 4. The van der Waals surface area contributed by atoms with Gasteiger partial charge in [-0.3, -0.25) is 4.79 Å². The first kappa shape index (κ1) is 22.1. The Kier molecular flexibility index (Phi) is 8.20. The zero-order valence-electron chi connectivity index (χ0n) is 15.7. The number of carbonyl (C=O) groups is 1. The zero-order chi connectivity index (χ0) is 19.2. The summed E-state index contributed by atoms with van der Waals surface area (Å²) in [5.74, 6) is 0.333. The van der Waals surface area contributed by atoms with Crippen molar-refractivity contribution >= 4 is 34.2 Å². The standard InChI is InChI=1S/C21H23ClN3O2.BrH/c1-2-27-19(26)9-5-6-14-25-20(15-10-12-16(22)13-11-15)17-7-3-4-8-18(17)21(23)24-25;/h3-4,7-8,10-13H,2,5-6,9,14H2,1H3,(H2,23,24);1H/q+1;/p-1. The molecule has 0 saturated carbocycles. The van der Waals surface area contributed by atoms with E-state index in [2.05, 4.69) is 5.10 Å². The van der Waals surface area contributed by atoms with Crippen molar-refractivity contribution in [3.8, 4) is 11.3 Å². The van der Waals surface area contributed by atoms with Gasteiger partial charge in [0.15, 0.2) is 12.4 Å². The van der Waals surface area contributed by atoms with Gasteiger partial charge >= 0.3 is 5.97 Å². The zero-order valence-corrected chi connectivity index (χ0v) is 18.0. The quantitative estimate of drug-likeness (QED) is 0.324. The van der Waals surface area contributed by atoms with Crippen LogP contribution in [0, 0.1) is 0 Å². The number of nitrogen functional groups attached to an aromatic ring is 1. The van der Waals surface area contributed by atoms with Crippen molar-refractivity contribution in [1.29, 1.82) is 0 Å². The molecule has 0 spiro atoms. The van der Waals surface area contributed by atoms with Crippen molar-refractivity contribution in [1.82, 2.24) is 5.10 Å². The van der Waals surface area contributed by atoms with Gasteiger partial charge in [0.1, 0.15) is 0 Å². The molecule has 1 aromatic heterocycles. The van der Waals surface area contributed by atoms with Crippen molar-refractivity contribution in [2.24, 2.45) is 0 Å². The molecule has 0 aliphatic heterocycles. The van der Waals surface area contributed by atoms with E-state index >= 15 is 0 Å². The molecule has 0 saturated heterocycles. The number of carbonyl (C=O) groups excluding carboxylic acids is 1. The molecule has 0 bridgehead atoms. The SMILES string of the molecule is CCOC(=O)CCCC[n+]1nc(N)c2ccccc2c1-c1ccc(Cl)cc1.[Br-]. The van der Waals surface area contributed by atoms with Crippen molar-refractivity contribution < 1.29 is 31.2 Å². The summed E-state index contributed by atoms with van der Waals surface area (Å²) < 4.78 is 6.90. The molecule has 5 nitrogen and oxygen atoms in total. The highest BCUT2D eigenvalue weighted by atomic mass is 79.9. The van der Waals surface area contributed by atoms with E-state index in [0.29, 0.717) is 30.4 Å². The molecule has 2 N–H and O–H groups in total. The molecule has 0 atom stereocenters. The molecule has 0 aliphatic carbocycles. The Labute approximate surface area is 180 Å². The van der Waals surface area contributed by atoms with Crippen LogP contribution in [0.1, 0.15) is 26.2 Å². The van der Waals surface area contributed by atoms with Gasteiger partial charge in [0, 0.05) is 33.9 Å². The molecular weight excluding hydrogens is 442 g/mol. The van der Waals surface area contributed by atoms with Gasteiger partial charge in [-0.05, 0) is 43.7 Å². The molecule has 0 unspecified atom stereocenters. The van der Waals surface area contributed by atoms with Gasteiger partial charge < -0.3 is 27.5 Å². The average molecular weight is 465 g/mol. The van der Waals surface area contributed by atoms with E-state index in [-0.39, 0.29) is 23.0 Å². The number of hydrogen-bond donors (Lipinski definition) is 1. The molecule has 3 rings (SSSR count). The van der Waals surface area contributed by atoms with Crippen LogP contribution in [0.5, 0.6) is 0 Å². The summed E-state index contributed by atoms with van der Waals surface area (Å²) in [6, 6.07) is 15.7. The van der Waals surface area contributed by atoms with Crippen molar-refractivity contribution in [2.75, 3.05) is 12.3 Å². The fourth-order valence-electron chi connectivity index (χ4n) is 3.12. The summed E-state index contributed by atoms with van der Waals surface area (Å²) in [7, 11) is 0. The number of aromatic nitrogens is 2. The second-order valence-corrected chi connectivity index (χ2v) is 6.71. The minimum absolute atomic E-state index is 0. The lowest BCUT2D eigenvalue weighted by molar-refractivity contribution is -0.741. The summed E-state index contributed by atoms with van der Waals surface area (Å²) in [4.78, 5) is 11.5. The van der Waals surface area contributed by atoms with E-state index in [1.165, 1.54) is 0 Å². The third-order valence-corrected chi connectivity index (χ3v) is 4.62. The van der Waals surface area contributed by atoms with Crippen molar-refractivity contribution in [3.05, 3.63) is 53.6 Å². The van der Waals surface area contributed by atoms with E-state index in [0.717, 1.165) is 34.9 Å². The Morgan fingerprint density at radius 2 is 1.79 bits per heavy atom. The molecule has 1 heterocycles. The smallest absolute Gasteiger partial charge is 0.305 e. The number of esters is 1. The highest BCUT2D eigenvalue weighted by molar-refractivity contribution is 6.30. The Morgan fingerprint density at radius 3 is 2.46 bits per heavy atom. The monoisotopic (exact) mass is 463 g/mol. The minimum atomic E-state index is -0.161. The van der Waals surface area contributed by atoms with Crippen LogP contribution >= 0.6 is 11.6 Å². The number of fused-ring (bicyclic) bond motifs is 1. The van der Waals surface area contributed by atoms with Crippen LogP contribution in [0.25, 0.3) is 22.0 Å². The summed E-state index contributed by atoms with van der Waals surface area (Å²) >= 11 is 6.05. The van der Waals surface area contributed by atoms with Gasteiger partial charge in [0.2, 0.25) is 5.69 Å². The Hall–Kier alpha value is -2.18. The molecule has 0 radical (unpaired) electrons. The first-order chi connectivity index (χ1) is 13.1. The molecule has 0 fully saturated rings. The summed E-state index contributed by atoms with van der Waals surface area (Å²) in [6.45, 7) is 2.89. The van der Waals surface area contributed by atoms with Crippen LogP contribution in [-0.4, -0.2) is 17.7 Å². The topological polar surface area (TPSA) is 69.1 Å². The van der Waals surface area contributed by atoms with Crippen LogP contribution in [0.4, 0.5) is 5.82 Å². The second kappa shape index (κ2) is 10.4. The van der Waals surface area contributed by atoms with Gasteiger partial charge in [-0.1, -0.05) is 34.5 Å². The molecule has 3 aromatic rings. The maximum absolute atomic E-state index is 11.5. The maximum Gasteiger partial charge on any atom is 0.305 e. The first-order valence-electron chi connectivity index (χ1n) is 9.10. The van der Waals surface area contributed by atoms with Crippen LogP contribution in [0.3, 0.4) is 0 Å². The van der Waals surface area contributed by atoms with Crippen LogP contribution in [0.15, 0.2) is 48.5 Å². The molecule has 0 aliphatic rings. The maximum atomic E-state index is 11.5. The normalized spacial score (nSPS) is 10.5. The number of ether oxygens (including phenoxy) is 1. The van der Waals surface area contributed by atoms with E-state index in [4.69, 9.17) is 22.1 Å². The van der Waals surface area contributed by atoms with E-state index < -0.39 is 0 Å². The van der Waals surface area contributed by atoms with Gasteiger partial charge in [0.05, 0.1) is 12.0 Å². The number of unbranched alkanes of at least 4 members (excludes halogenated alkanes) is 1. The molecule has 7 heteroatoms. The largest absolute Gasteiger partial charge is 1.00 e. The minimum Gasteiger partial charge on any atom is -1.00 e. The number of nitrogens with two attached hydrogens (primary N) is 1. The fourth-order valence-corrected chi connectivity index (χ4v) is 3.25. The third-order valence-electron chi connectivity index (χ3n) is 4.37. The highest BCUT2D eigenvalue weighted by Gasteiger charge is 2.21. The van der Waals surface area contributed by atoms with Gasteiger partial charge in [-0.15, -0.1) is 0 Å². The molecule has 0 amide bonds. The predicted octanol–water partition coefficient (Wildman–Crippen LogP) is 1.16. The van der Waals surface area contributed by atoms with Crippen molar-refractivity contribution in [3.63, 3.8) is 0 Å². The summed E-state index contributed by atoms with van der Waals surface area (Å²) in [5, 5.41) is 7.25. The molecule has 148 valence electrons. The number of benzene rings is 2. The highest BCUT2D eigenvalue weighted by Crippen LogP contribution is 2.28. The van der Waals surface area contributed by atoms with Crippen LogP contribution in [0.2, 0.25) is 5.02 Å². The molecular formula is C21H23BrClN3O2. The van der Waals surface area contributed by atoms with Gasteiger partial charge in [-0.2, -0.15) is 0 Å². The fraction of sp³-hybridized carbons (Fsp3) is 0.286. The summed E-state index contributed by atoms with van der Waals surface area (Å²) in [6.07, 6.45) is 1.95. The lowest BCUT2D eigenvalue weighted by atomic mass is 10.0. The first-order valence-corrected chi connectivity index (χ1v) is 9.48. The molecule has 2 aromatic carbocycles. The van der Waals surface area contributed by atoms with Crippen molar-refractivity contribution in [2.45, 2.75) is 32.7 Å². The lowest BCUT2D eigenvalue weighted by Gasteiger charge is -2.08. The van der Waals surface area contributed by atoms with Crippen LogP contribution < -0.4 is 27.4 Å². The summed E-state index contributed by atoms with van der Waals surface area (Å²) in [5.41, 5.74) is 8.21. The number of nitrogens with zero attached hydrogens (tertiary/aromatic N) is 2. The Morgan fingerprint density at radius 1 is 1.11 bits per heavy atom. The molecule has 28 heavy (non-hydrogen) atoms. The number of anilines is 1. The van der Waals surface area contributed by atoms with Gasteiger partial charge in [-0.25, -0.2) is 0 Å². The lowest BCUT2D eigenvalue weighted by Crippen LogP contribution is -3.00. The third kappa shape index (κ3) is 5.20. The Bertz CT molecular complexity index is 948. The number of rotatable bonds is 7. The van der Waals surface area contributed by atoms with Gasteiger partial charge in [0.25, 0.3) is 0 Å². The average Bonchev–Trinajstić information content (AvgIpc) is 2.67. The van der Waals surface area contributed by atoms with E-state index in [1.54, 1.807) is 0 Å². The number of halogens is 2. The number of aryl methyl sites for hydroxylation is 1. The van der Waals surface area contributed by atoms with E-state index in [9.17, 15) is 4.79 Å². The Balaban J connectivity index is 0.00000280. The van der Waals surface area contributed by atoms with Crippen LogP contribution in [-0.2, 0) is 16.1 Å². The van der Waals surface area contributed by atoms with E-state index in [1.807, 2.05) is 60.1 Å². The second-order valence-electron chi connectivity index (χ2n) is 6.27.